The largest absolute Gasteiger partial charge is 0.389 e. The highest BCUT2D eigenvalue weighted by Crippen LogP contribution is 2.30. The number of piperazine rings is 1. The zero-order chi connectivity index (χ0) is 27.6. The van der Waals surface area contributed by atoms with E-state index in [1.165, 1.54) is 12.1 Å². The molecule has 1 aliphatic heterocycles. The van der Waals surface area contributed by atoms with Crippen LogP contribution in [0.2, 0.25) is 0 Å². The predicted molar refractivity (Wildman–Crippen MR) is 153 cm³/mol. The van der Waals surface area contributed by atoms with Crippen molar-refractivity contribution in [3.63, 3.8) is 0 Å². The summed E-state index contributed by atoms with van der Waals surface area (Å²) >= 11 is 0. The summed E-state index contributed by atoms with van der Waals surface area (Å²) in [5, 5.41) is 15.8. The van der Waals surface area contributed by atoms with Crippen LogP contribution in [0.1, 0.15) is 13.8 Å². The highest BCUT2D eigenvalue weighted by atomic mass is 19.1. The molecule has 5 rings (SSSR count). The van der Waals surface area contributed by atoms with E-state index in [2.05, 4.69) is 42.0 Å². The number of fused-ring (bicyclic) bond motifs is 1. The molecule has 0 unspecified atom stereocenters. The molecule has 0 radical (unpaired) electrons. The van der Waals surface area contributed by atoms with Gasteiger partial charge >= 0.3 is 0 Å². The fourth-order valence-corrected chi connectivity index (χ4v) is 4.78. The fourth-order valence-electron chi connectivity index (χ4n) is 4.78. The van der Waals surface area contributed by atoms with E-state index in [1.807, 2.05) is 44.3 Å². The number of halogens is 1. The number of carbonyl (C=O) groups excluding carboxylic acids is 1. The normalized spacial score (nSPS) is 14.4. The number of β-amino-alcohol motifs (C(OH)–C–C–N with tert-alkyl or cyclic N) is 1. The third-order valence-electron chi connectivity index (χ3n) is 6.59. The van der Waals surface area contributed by atoms with E-state index in [1.54, 1.807) is 18.3 Å². The molecule has 2 aromatic heterocycles. The second-order valence-electron chi connectivity index (χ2n) is 10.3. The maximum Gasteiger partial charge on any atom is 0.247 e. The van der Waals surface area contributed by atoms with E-state index in [-0.39, 0.29) is 17.5 Å². The van der Waals surface area contributed by atoms with E-state index >= 15 is 4.39 Å². The molecular weight excluding hydrogens is 497 g/mol. The molecule has 9 nitrogen and oxygen atoms in total. The number of benzene rings is 2. The topological polar surface area (TPSA) is 109 Å². The van der Waals surface area contributed by atoms with Crippen LogP contribution < -0.4 is 15.5 Å². The van der Waals surface area contributed by atoms with Crippen molar-refractivity contribution in [2.75, 3.05) is 48.3 Å². The molecule has 1 aliphatic rings. The van der Waals surface area contributed by atoms with Crippen molar-refractivity contribution in [3.05, 3.63) is 73.3 Å². The van der Waals surface area contributed by atoms with Crippen molar-refractivity contribution in [2.24, 2.45) is 0 Å². The van der Waals surface area contributed by atoms with Crippen LogP contribution in [0, 0.1) is 5.82 Å². The number of hydrogen-bond donors (Lipinski definition) is 4. The first-order valence-corrected chi connectivity index (χ1v) is 12.8. The van der Waals surface area contributed by atoms with Gasteiger partial charge in [-0.25, -0.2) is 14.4 Å². The molecule has 4 aromatic rings. The Bertz CT molecular complexity index is 1500. The summed E-state index contributed by atoms with van der Waals surface area (Å²) < 4.78 is 15.1. The van der Waals surface area contributed by atoms with Crippen LogP contribution in [-0.4, -0.2) is 69.2 Å². The maximum absolute atomic E-state index is 15.1. The molecule has 1 amide bonds. The molecule has 0 atom stereocenters. The molecule has 0 spiro atoms. The van der Waals surface area contributed by atoms with Gasteiger partial charge in [-0.05, 0) is 55.8 Å². The van der Waals surface area contributed by atoms with E-state index < -0.39 is 11.4 Å². The first-order valence-electron chi connectivity index (χ1n) is 12.8. The third-order valence-corrected chi connectivity index (χ3v) is 6.59. The second kappa shape index (κ2) is 10.8. The molecule has 4 N–H and O–H groups in total. The molecule has 0 aliphatic carbocycles. The monoisotopic (exact) mass is 529 g/mol. The lowest BCUT2D eigenvalue weighted by Gasteiger charge is -2.38. The number of nitrogens with one attached hydrogen (secondary N) is 3. The van der Waals surface area contributed by atoms with Crippen molar-refractivity contribution in [1.29, 1.82) is 0 Å². The van der Waals surface area contributed by atoms with Crippen LogP contribution in [0.4, 0.5) is 27.4 Å². The fraction of sp³-hybridized carbons (Fsp3) is 0.276. The number of aromatic amines is 1. The molecule has 202 valence electrons. The van der Waals surface area contributed by atoms with Gasteiger partial charge in [0, 0.05) is 55.9 Å². The first-order chi connectivity index (χ1) is 18.7. The number of nitrogens with zero attached hydrogens (tertiary/aromatic N) is 4. The zero-order valence-corrected chi connectivity index (χ0v) is 22.0. The lowest BCUT2D eigenvalue weighted by molar-refractivity contribution is -0.111. The summed E-state index contributed by atoms with van der Waals surface area (Å²) in [4.78, 5) is 28.2. The van der Waals surface area contributed by atoms with Crippen LogP contribution in [0.15, 0.2) is 67.5 Å². The van der Waals surface area contributed by atoms with E-state index in [4.69, 9.17) is 0 Å². The minimum absolute atomic E-state index is 0.270. The van der Waals surface area contributed by atoms with E-state index in [0.717, 1.165) is 48.5 Å². The summed E-state index contributed by atoms with van der Waals surface area (Å²) in [6.45, 7) is 10.8. The quantitative estimate of drug-likeness (QED) is 0.249. The van der Waals surface area contributed by atoms with E-state index in [0.29, 0.717) is 17.7 Å². The molecule has 10 heteroatoms. The maximum atomic E-state index is 15.1. The molecule has 1 saturated heterocycles. The Morgan fingerprint density at radius 2 is 2.00 bits per heavy atom. The smallest absolute Gasteiger partial charge is 0.247 e. The Morgan fingerprint density at radius 3 is 2.72 bits per heavy atom. The molecule has 0 bridgehead atoms. The molecule has 1 fully saturated rings. The average molecular weight is 530 g/mol. The van der Waals surface area contributed by atoms with Gasteiger partial charge < -0.3 is 25.6 Å². The number of aliphatic hydroxyl groups is 1. The number of hydrogen-bond acceptors (Lipinski definition) is 7. The van der Waals surface area contributed by atoms with Gasteiger partial charge in [-0.1, -0.05) is 18.7 Å². The lowest BCUT2D eigenvalue weighted by Crippen LogP contribution is -2.50. The van der Waals surface area contributed by atoms with Crippen molar-refractivity contribution in [2.45, 2.75) is 19.4 Å². The van der Waals surface area contributed by atoms with Crippen LogP contribution >= 0.6 is 0 Å². The Hall–Kier alpha value is -4.28. The average Bonchev–Trinajstić information content (AvgIpc) is 3.33. The molecule has 2 aromatic carbocycles. The molecule has 0 saturated carbocycles. The Kier molecular flexibility index (Phi) is 7.32. The van der Waals surface area contributed by atoms with Crippen LogP contribution in [0.25, 0.3) is 22.2 Å². The van der Waals surface area contributed by atoms with Crippen molar-refractivity contribution < 1.29 is 14.3 Å². The van der Waals surface area contributed by atoms with Crippen molar-refractivity contribution in [3.8, 4) is 11.1 Å². The Labute approximate surface area is 226 Å². The van der Waals surface area contributed by atoms with Gasteiger partial charge in [-0.15, -0.1) is 0 Å². The number of carbonyl (C=O) groups is 1. The summed E-state index contributed by atoms with van der Waals surface area (Å²) in [7, 11) is 0. The van der Waals surface area contributed by atoms with Crippen molar-refractivity contribution >= 4 is 40.0 Å². The van der Waals surface area contributed by atoms with Gasteiger partial charge in [-0.3, -0.25) is 9.69 Å². The Morgan fingerprint density at radius 1 is 1.21 bits per heavy atom. The number of amides is 1. The number of anilines is 4. The van der Waals surface area contributed by atoms with Gasteiger partial charge in [0.1, 0.15) is 11.3 Å². The summed E-state index contributed by atoms with van der Waals surface area (Å²) in [5.74, 6) is -0.414. The van der Waals surface area contributed by atoms with Gasteiger partial charge in [0.2, 0.25) is 11.9 Å². The van der Waals surface area contributed by atoms with E-state index in [9.17, 15) is 9.90 Å². The van der Waals surface area contributed by atoms with Crippen LogP contribution in [0.3, 0.4) is 0 Å². The highest BCUT2D eigenvalue weighted by Gasteiger charge is 2.23. The van der Waals surface area contributed by atoms with Gasteiger partial charge in [-0.2, -0.15) is 0 Å². The number of aromatic nitrogens is 3. The minimum atomic E-state index is -0.735. The van der Waals surface area contributed by atoms with Gasteiger partial charge in [0.05, 0.1) is 23.0 Å². The third kappa shape index (κ3) is 6.24. The molecular formula is C29H32FN7O2. The predicted octanol–water partition coefficient (Wildman–Crippen LogP) is 4.53. The van der Waals surface area contributed by atoms with Crippen molar-refractivity contribution in [1.82, 2.24) is 19.9 Å². The lowest BCUT2D eigenvalue weighted by atomic mass is 10.1. The SMILES string of the molecule is C=CC(=O)Nc1cccc(-c2c[nH]c3cnc(Nc4ccc(N5CCN(CC(C)(C)O)CC5)cc4F)nc23)c1. The van der Waals surface area contributed by atoms with Crippen LogP contribution in [-0.2, 0) is 4.79 Å². The summed E-state index contributed by atoms with van der Waals surface area (Å²) in [6.07, 6.45) is 4.69. The summed E-state index contributed by atoms with van der Waals surface area (Å²) in [6, 6.07) is 12.5. The second-order valence-corrected chi connectivity index (χ2v) is 10.3. The first kappa shape index (κ1) is 26.3. The van der Waals surface area contributed by atoms with Crippen LogP contribution in [0.5, 0.6) is 0 Å². The minimum Gasteiger partial charge on any atom is -0.389 e. The molecule has 3 heterocycles. The van der Waals surface area contributed by atoms with Gasteiger partial charge in [0.25, 0.3) is 0 Å². The number of H-pyrrole nitrogens is 1. The highest BCUT2D eigenvalue weighted by molar-refractivity contribution is 6.00. The Balaban J connectivity index is 1.31. The zero-order valence-electron chi connectivity index (χ0n) is 22.0. The summed E-state index contributed by atoms with van der Waals surface area (Å²) in [5.41, 5.74) is 4.08. The molecule has 39 heavy (non-hydrogen) atoms. The number of rotatable bonds is 8. The van der Waals surface area contributed by atoms with Gasteiger partial charge in [0.15, 0.2) is 0 Å². The standard InChI is InChI=1S/C29H32FN7O2/c1-4-26(38)33-20-7-5-6-19(14-20)22-16-31-25-17-32-28(35-27(22)25)34-24-9-8-21(15-23(24)30)37-12-10-36(11-13-37)18-29(2,3)39/h4-9,14-17,31,39H,1,10-13,18H2,2-3H3,(H,33,38)(H,32,34,35).